The van der Waals surface area contributed by atoms with E-state index in [0.717, 1.165) is 19.3 Å². The van der Waals surface area contributed by atoms with Gasteiger partial charge in [0, 0.05) is 16.6 Å². The molecule has 0 radical (unpaired) electrons. The monoisotopic (exact) mass is 380 g/mol. The number of carboxylic acid groups (broad SMARTS) is 1. The summed E-state index contributed by atoms with van der Waals surface area (Å²) in [5, 5.41) is 22.9. The Hall–Kier alpha value is -1.64. The molecule has 1 fully saturated rings. The van der Waals surface area contributed by atoms with E-state index in [9.17, 15) is 19.6 Å². The highest BCUT2D eigenvalue weighted by Gasteiger charge is 2.53. The van der Waals surface area contributed by atoms with Crippen LogP contribution in [-0.2, 0) is 10.2 Å². The van der Waals surface area contributed by atoms with Gasteiger partial charge in [-0.1, -0.05) is 57.7 Å². The Labute approximate surface area is 159 Å². The van der Waals surface area contributed by atoms with E-state index in [1.807, 2.05) is 0 Å². The van der Waals surface area contributed by atoms with Crippen molar-refractivity contribution < 1.29 is 14.3 Å². The largest absolute Gasteiger partial charge is 0.480 e. The lowest BCUT2D eigenvalue weighted by Gasteiger charge is -2.38. The second kappa shape index (κ2) is 7.94. The van der Waals surface area contributed by atoms with E-state index >= 15 is 0 Å². The predicted octanol–water partition coefficient (Wildman–Crippen LogP) is 4.66. The van der Waals surface area contributed by atoms with Gasteiger partial charge in [0.15, 0.2) is 0 Å². The molecule has 0 bridgehead atoms. The first-order valence-electron chi connectivity index (χ1n) is 9.13. The number of hydrogen-bond acceptors (Lipinski definition) is 3. The number of carbonyl (C=O) groups is 1. The summed E-state index contributed by atoms with van der Waals surface area (Å²) in [7, 11) is 0. The van der Waals surface area contributed by atoms with Gasteiger partial charge >= 0.3 is 5.97 Å². The third-order valence-corrected chi connectivity index (χ3v) is 6.55. The summed E-state index contributed by atoms with van der Waals surface area (Å²) in [4.78, 5) is 11.6. The number of benzene rings is 1. The van der Waals surface area contributed by atoms with Crippen molar-refractivity contribution in [2.45, 2.75) is 70.4 Å². The van der Waals surface area contributed by atoms with Crippen LogP contribution in [0.1, 0.15) is 58.4 Å². The molecule has 0 saturated carbocycles. The fourth-order valence-electron chi connectivity index (χ4n) is 4.25. The molecule has 0 spiro atoms. The average Bonchev–Trinajstić information content (AvgIpc) is 2.99. The molecule has 3 unspecified atom stereocenters. The number of carboxylic acids is 1. The normalized spacial score (nSPS) is 25.8. The van der Waals surface area contributed by atoms with Crippen molar-refractivity contribution in [2.24, 2.45) is 5.41 Å². The third-order valence-electron chi connectivity index (χ3n) is 6.32. The molecule has 0 aromatic heterocycles. The molecule has 1 aromatic carbocycles. The zero-order valence-electron chi connectivity index (χ0n) is 15.5. The Morgan fingerprint density at radius 1 is 1.42 bits per heavy atom. The lowest BCUT2D eigenvalue weighted by atomic mass is 9.66. The number of nitriles is 1. The van der Waals surface area contributed by atoms with E-state index in [-0.39, 0.29) is 22.4 Å². The minimum atomic E-state index is -1.23. The highest BCUT2D eigenvalue weighted by molar-refractivity contribution is 6.30. The summed E-state index contributed by atoms with van der Waals surface area (Å²) < 4.78 is 14.7. The molecule has 1 heterocycles. The van der Waals surface area contributed by atoms with Crippen LogP contribution >= 0.6 is 11.6 Å². The standard InChI is InChI=1S/C20H26ClFN2O2/c1-4-19(5-2,6-3)11-17-20(12-23,10-16(24-17)18(25)26)14-8-7-13(21)9-15(14)22/h7-9,16-17,24H,4-6,10-11H2,1-3H3,(H,25,26). The lowest BCUT2D eigenvalue weighted by Crippen LogP contribution is -2.45. The van der Waals surface area contributed by atoms with Crippen molar-refractivity contribution in [2.75, 3.05) is 0 Å². The minimum Gasteiger partial charge on any atom is -0.480 e. The Morgan fingerprint density at radius 2 is 2.04 bits per heavy atom. The van der Waals surface area contributed by atoms with Gasteiger partial charge in [-0.3, -0.25) is 10.1 Å². The van der Waals surface area contributed by atoms with Gasteiger partial charge in [-0.25, -0.2) is 4.39 Å². The maximum atomic E-state index is 14.7. The Balaban J connectivity index is 2.55. The van der Waals surface area contributed by atoms with Crippen LogP contribution < -0.4 is 5.32 Å². The number of rotatable bonds is 7. The van der Waals surface area contributed by atoms with E-state index in [1.165, 1.54) is 12.1 Å². The molecule has 142 valence electrons. The molecule has 1 saturated heterocycles. The maximum absolute atomic E-state index is 14.7. The molecule has 4 nitrogen and oxygen atoms in total. The zero-order valence-corrected chi connectivity index (χ0v) is 16.2. The Morgan fingerprint density at radius 3 is 2.50 bits per heavy atom. The van der Waals surface area contributed by atoms with E-state index in [0.29, 0.717) is 6.42 Å². The molecule has 3 atom stereocenters. The van der Waals surface area contributed by atoms with Crippen molar-refractivity contribution in [3.8, 4) is 6.07 Å². The SMILES string of the molecule is CCC(CC)(CC)CC1NC(C(=O)O)CC1(C#N)c1ccc(Cl)cc1F. The van der Waals surface area contributed by atoms with Gasteiger partial charge in [0.05, 0.1) is 6.07 Å². The molecular formula is C20H26ClFN2O2. The molecule has 1 aliphatic rings. The first kappa shape index (κ1) is 20.7. The van der Waals surface area contributed by atoms with Crippen LogP contribution in [0.15, 0.2) is 18.2 Å². The highest BCUT2D eigenvalue weighted by Crippen LogP contribution is 2.46. The quantitative estimate of drug-likeness (QED) is 0.721. The van der Waals surface area contributed by atoms with E-state index in [4.69, 9.17) is 11.6 Å². The minimum absolute atomic E-state index is 0.0178. The van der Waals surface area contributed by atoms with E-state index < -0.39 is 29.3 Å². The van der Waals surface area contributed by atoms with Crippen LogP contribution in [0.4, 0.5) is 4.39 Å². The zero-order chi connectivity index (χ0) is 19.5. The predicted molar refractivity (Wildman–Crippen MR) is 99.6 cm³/mol. The molecule has 0 aliphatic carbocycles. The molecule has 0 amide bonds. The second-order valence-electron chi connectivity index (χ2n) is 7.29. The molecule has 2 N–H and O–H groups in total. The number of hydrogen-bond donors (Lipinski definition) is 2. The van der Waals surface area contributed by atoms with Crippen molar-refractivity contribution in [3.63, 3.8) is 0 Å². The maximum Gasteiger partial charge on any atom is 0.320 e. The first-order chi connectivity index (χ1) is 12.3. The van der Waals surface area contributed by atoms with Gasteiger partial charge < -0.3 is 5.11 Å². The van der Waals surface area contributed by atoms with E-state index in [1.54, 1.807) is 6.07 Å². The topological polar surface area (TPSA) is 73.1 Å². The summed E-state index contributed by atoms with van der Waals surface area (Å²) in [6, 6.07) is 5.22. The summed E-state index contributed by atoms with van der Waals surface area (Å²) in [5.74, 6) is -1.58. The molecule has 2 rings (SSSR count). The third kappa shape index (κ3) is 3.58. The Kier molecular flexibility index (Phi) is 6.31. The van der Waals surface area contributed by atoms with Crippen LogP contribution in [0.2, 0.25) is 5.02 Å². The van der Waals surface area contributed by atoms with Crippen molar-refractivity contribution in [1.29, 1.82) is 5.26 Å². The number of halogens is 2. The van der Waals surface area contributed by atoms with Crippen LogP contribution in [0.3, 0.4) is 0 Å². The number of nitrogens with zero attached hydrogens (tertiary/aromatic N) is 1. The molecule has 6 heteroatoms. The van der Waals surface area contributed by atoms with E-state index in [2.05, 4.69) is 32.2 Å². The lowest BCUT2D eigenvalue weighted by molar-refractivity contribution is -0.139. The fourth-order valence-corrected chi connectivity index (χ4v) is 4.41. The second-order valence-corrected chi connectivity index (χ2v) is 7.72. The number of nitrogens with one attached hydrogen (secondary N) is 1. The molecular weight excluding hydrogens is 355 g/mol. The Bertz CT molecular complexity index is 706. The summed E-state index contributed by atoms with van der Waals surface area (Å²) in [5.41, 5.74) is -1.03. The smallest absolute Gasteiger partial charge is 0.320 e. The molecule has 1 aliphatic heterocycles. The van der Waals surface area contributed by atoms with Gasteiger partial charge in [-0.05, 0) is 30.4 Å². The van der Waals surface area contributed by atoms with Gasteiger partial charge in [0.25, 0.3) is 0 Å². The van der Waals surface area contributed by atoms with Crippen LogP contribution in [0.5, 0.6) is 0 Å². The summed E-state index contributed by atoms with van der Waals surface area (Å²) >= 11 is 5.87. The van der Waals surface area contributed by atoms with Gasteiger partial charge in [-0.2, -0.15) is 5.26 Å². The van der Waals surface area contributed by atoms with Crippen LogP contribution in [0, 0.1) is 22.6 Å². The van der Waals surface area contributed by atoms with Crippen LogP contribution in [-0.4, -0.2) is 23.2 Å². The van der Waals surface area contributed by atoms with Crippen molar-refractivity contribution in [1.82, 2.24) is 5.32 Å². The van der Waals surface area contributed by atoms with Gasteiger partial charge in [-0.15, -0.1) is 0 Å². The molecule has 26 heavy (non-hydrogen) atoms. The average molecular weight is 381 g/mol. The summed E-state index contributed by atoms with van der Waals surface area (Å²) in [6.45, 7) is 6.31. The van der Waals surface area contributed by atoms with Crippen LogP contribution in [0.25, 0.3) is 0 Å². The fraction of sp³-hybridized carbons (Fsp3) is 0.600. The van der Waals surface area contributed by atoms with Crippen molar-refractivity contribution in [3.05, 3.63) is 34.6 Å². The highest BCUT2D eigenvalue weighted by atomic mass is 35.5. The summed E-state index contributed by atoms with van der Waals surface area (Å²) in [6.07, 6.45) is 3.41. The van der Waals surface area contributed by atoms with Gasteiger partial charge in [0.2, 0.25) is 0 Å². The first-order valence-corrected chi connectivity index (χ1v) is 9.51. The van der Waals surface area contributed by atoms with Crippen molar-refractivity contribution >= 4 is 17.6 Å². The molecule has 1 aromatic rings. The number of aliphatic carboxylic acids is 1. The van der Waals surface area contributed by atoms with Gasteiger partial charge in [0.1, 0.15) is 17.3 Å².